The number of amides is 1. The van der Waals surface area contributed by atoms with E-state index >= 15 is 0 Å². The van der Waals surface area contributed by atoms with Gasteiger partial charge in [-0.2, -0.15) is 8.42 Å². The van der Waals surface area contributed by atoms with Gasteiger partial charge >= 0.3 is 10.4 Å². The first-order valence-electron chi connectivity index (χ1n) is 22.8. The standard InChI is InChI=1S/C46H81NO12S/c1-3-5-7-9-11-13-15-16-17-18-19-20-21-22-23-25-27-29-31-33-35-40(50)45(53)47-38(39(49)34-32-30-28-26-24-14-12-10-8-6-4-2)37-57-46-43(52)44(59-60(54,55)56)42(51)41(36-48)58-46/h5,7-8,10-11,13,24,26,32,34,38-44,46,48-52H,3-4,6,9,12,14-23,25,27-31,33,35-37H2,1-2H3,(H,47,53)(H,54,55,56)/b7-5-,10-8+,13-11-,26-24+,34-32+. The summed E-state index contributed by atoms with van der Waals surface area (Å²) in [4.78, 5) is 13.1. The monoisotopic (exact) mass is 872 g/mol. The van der Waals surface area contributed by atoms with Crippen LogP contribution in [0.15, 0.2) is 60.8 Å². The quantitative estimate of drug-likeness (QED) is 0.0183. The van der Waals surface area contributed by atoms with Crippen molar-refractivity contribution in [1.82, 2.24) is 5.32 Å². The number of hydrogen-bond donors (Lipinski definition) is 7. The highest BCUT2D eigenvalue weighted by atomic mass is 32.3. The second kappa shape index (κ2) is 36.3. The van der Waals surface area contributed by atoms with Crippen molar-refractivity contribution in [2.75, 3.05) is 13.2 Å². The fraction of sp³-hybridized carbons (Fsp3) is 0.761. The molecule has 1 heterocycles. The predicted molar refractivity (Wildman–Crippen MR) is 237 cm³/mol. The molecule has 14 heteroatoms. The van der Waals surface area contributed by atoms with Gasteiger partial charge < -0.3 is 40.3 Å². The van der Waals surface area contributed by atoms with Crippen molar-refractivity contribution in [3.8, 4) is 0 Å². The molecule has 0 spiro atoms. The first-order chi connectivity index (χ1) is 28.9. The fourth-order valence-electron chi connectivity index (χ4n) is 6.77. The molecule has 8 atom stereocenters. The van der Waals surface area contributed by atoms with Crippen molar-refractivity contribution in [2.45, 2.75) is 210 Å². The molecule has 60 heavy (non-hydrogen) atoms. The molecule has 1 saturated heterocycles. The largest absolute Gasteiger partial charge is 0.397 e. The van der Waals surface area contributed by atoms with E-state index in [2.05, 4.69) is 72.0 Å². The molecule has 0 bridgehead atoms. The van der Waals surface area contributed by atoms with Crippen molar-refractivity contribution in [3.05, 3.63) is 60.8 Å². The summed E-state index contributed by atoms with van der Waals surface area (Å²) in [5.74, 6) is -0.722. The third-order valence-electron chi connectivity index (χ3n) is 10.3. The van der Waals surface area contributed by atoms with Gasteiger partial charge in [0.1, 0.15) is 30.5 Å². The highest BCUT2D eigenvalue weighted by Gasteiger charge is 2.48. The molecule has 7 N–H and O–H groups in total. The van der Waals surface area contributed by atoms with E-state index in [1.54, 1.807) is 6.08 Å². The van der Waals surface area contributed by atoms with Crippen LogP contribution in [0.25, 0.3) is 0 Å². The Kier molecular flexibility index (Phi) is 33.7. The van der Waals surface area contributed by atoms with Crippen molar-refractivity contribution in [1.29, 1.82) is 0 Å². The highest BCUT2D eigenvalue weighted by Crippen LogP contribution is 2.26. The number of carbonyl (C=O) groups excluding carboxylic acids is 1. The smallest absolute Gasteiger partial charge is 0.394 e. The minimum atomic E-state index is -5.12. The van der Waals surface area contributed by atoms with Crippen LogP contribution in [0.4, 0.5) is 0 Å². The van der Waals surface area contributed by atoms with Crippen LogP contribution in [-0.2, 0) is 28.9 Å². The molecule has 348 valence electrons. The summed E-state index contributed by atoms with van der Waals surface area (Å²) in [7, 11) is -5.12. The number of hydrogen-bond acceptors (Lipinski definition) is 11. The zero-order chi connectivity index (χ0) is 44.3. The van der Waals surface area contributed by atoms with E-state index in [1.165, 1.54) is 70.3 Å². The Morgan fingerprint density at radius 1 is 0.700 bits per heavy atom. The predicted octanol–water partition coefficient (Wildman–Crippen LogP) is 7.63. The van der Waals surface area contributed by atoms with Gasteiger partial charge in [-0.25, -0.2) is 4.18 Å². The maximum Gasteiger partial charge on any atom is 0.397 e. The maximum atomic E-state index is 13.1. The molecule has 0 aromatic heterocycles. The number of allylic oxidation sites excluding steroid dienone is 9. The first kappa shape index (κ1) is 55.8. The van der Waals surface area contributed by atoms with Crippen LogP contribution < -0.4 is 5.32 Å². The van der Waals surface area contributed by atoms with E-state index in [1.807, 2.05) is 0 Å². The van der Waals surface area contributed by atoms with Crippen LogP contribution in [0.1, 0.15) is 162 Å². The van der Waals surface area contributed by atoms with Gasteiger partial charge in [-0.1, -0.05) is 158 Å². The number of aliphatic hydroxyl groups is 5. The third kappa shape index (κ3) is 28.4. The molecule has 0 radical (unpaired) electrons. The van der Waals surface area contributed by atoms with E-state index < -0.39 is 78.5 Å². The topological polar surface area (TPSA) is 212 Å². The van der Waals surface area contributed by atoms with Crippen LogP contribution in [0.3, 0.4) is 0 Å². The van der Waals surface area contributed by atoms with Gasteiger partial charge in [0, 0.05) is 0 Å². The lowest BCUT2D eigenvalue weighted by molar-refractivity contribution is -0.298. The number of carbonyl (C=O) groups is 1. The molecule has 0 aliphatic carbocycles. The van der Waals surface area contributed by atoms with Gasteiger partial charge in [-0.05, 0) is 64.2 Å². The maximum absolute atomic E-state index is 13.1. The van der Waals surface area contributed by atoms with Crippen molar-refractivity contribution < 1.29 is 57.0 Å². The number of ether oxygens (including phenoxy) is 2. The van der Waals surface area contributed by atoms with Crippen molar-refractivity contribution in [3.63, 3.8) is 0 Å². The minimum Gasteiger partial charge on any atom is -0.394 e. The molecular weight excluding hydrogens is 791 g/mol. The van der Waals surface area contributed by atoms with Gasteiger partial charge in [-0.15, -0.1) is 0 Å². The summed E-state index contributed by atoms with van der Waals surface area (Å²) in [5.41, 5.74) is 0. The van der Waals surface area contributed by atoms with Gasteiger partial charge in [0.15, 0.2) is 6.29 Å². The van der Waals surface area contributed by atoms with E-state index in [0.717, 1.165) is 64.2 Å². The summed E-state index contributed by atoms with van der Waals surface area (Å²) in [6.45, 7) is 3.00. The van der Waals surface area contributed by atoms with Crippen molar-refractivity contribution in [2.24, 2.45) is 0 Å². The Labute approximate surface area is 362 Å². The second-order valence-corrected chi connectivity index (χ2v) is 16.8. The van der Waals surface area contributed by atoms with Crippen LogP contribution in [-0.4, -0.2) is 107 Å². The Morgan fingerprint density at radius 3 is 1.77 bits per heavy atom. The molecule has 0 aromatic rings. The average molecular weight is 872 g/mol. The number of nitrogens with one attached hydrogen (secondary N) is 1. The van der Waals surface area contributed by atoms with Crippen LogP contribution in [0.2, 0.25) is 0 Å². The van der Waals surface area contributed by atoms with Crippen LogP contribution in [0, 0.1) is 0 Å². The molecule has 1 rings (SSSR count). The molecule has 0 saturated carbocycles. The SMILES string of the molecule is CC/C=C\C/C=C\CCCCCCCCCCCCCCCC(O)C(=O)NC(COC1OC(CO)C(O)C(OS(=O)(=O)O)C1O)C(O)/C=C/CC/C=C/CC/C=C/CCC. The van der Waals surface area contributed by atoms with E-state index in [0.29, 0.717) is 12.8 Å². The molecule has 13 nitrogen and oxygen atoms in total. The number of unbranched alkanes of at least 4 members (excludes halogenated alkanes) is 16. The summed E-state index contributed by atoms with van der Waals surface area (Å²) in [5, 5.41) is 55.1. The van der Waals surface area contributed by atoms with Crippen molar-refractivity contribution >= 4 is 16.3 Å². The van der Waals surface area contributed by atoms with E-state index in [-0.39, 0.29) is 6.42 Å². The molecule has 1 amide bonds. The Morgan fingerprint density at radius 2 is 1.22 bits per heavy atom. The van der Waals surface area contributed by atoms with Gasteiger partial charge in [-0.3, -0.25) is 9.35 Å². The van der Waals surface area contributed by atoms with E-state index in [9.17, 15) is 38.7 Å². The number of aliphatic hydroxyl groups excluding tert-OH is 5. The third-order valence-corrected chi connectivity index (χ3v) is 10.8. The highest BCUT2D eigenvalue weighted by molar-refractivity contribution is 7.80. The fourth-order valence-corrected chi connectivity index (χ4v) is 7.28. The lowest BCUT2D eigenvalue weighted by atomic mass is 9.99. The Balaban J connectivity index is 2.53. The molecule has 1 fully saturated rings. The van der Waals surface area contributed by atoms with Crippen LogP contribution in [0.5, 0.6) is 0 Å². The zero-order valence-electron chi connectivity index (χ0n) is 36.6. The van der Waals surface area contributed by atoms with Crippen LogP contribution >= 0.6 is 0 Å². The van der Waals surface area contributed by atoms with Gasteiger partial charge in [0.25, 0.3) is 0 Å². The summed E-state index contributed by atoms with van der Waals surface area (Å²) >= 11 is 0. The Bertz CT molecular complexity index is 1320. The van der Waals surface area contributed by atoms with Gasteiger partial charge in [0.2, 0.25) is 5.91 Å². The molecular formula is C46H81NO12S. The Hall–Kier alpha value is -2.24. The first-order valence-corrected chi connectivity index (χ1v) is 24.1. The summed E-state index contributed by atoms with van der Waals surface area (Å²) in [6.07, 6.45) is 33.2. The molecule has 1 aliphatic rings. The second-order valence-electron chi connectivity index (χ2n) is 15.7. The molecule has 8 unspecified atom stereocenters. The average Bonchev–Trinajstić information content (AvgIpc) is 3.22. The lowest BCUT2D eigenvalue weighted by Gasteiger charge is -2.41. The molecule has 1 aliphatic heterocycles. The van der Waals surface area contributed by atoms with Gasteiger partial charge in [0.05, 0.1) is 25.4 Å². The summed E-state index contributed by atoms with van der Waals surface area (Å²) in [6, 6.07) is -1.14. The number of rotatable bonds is 37. The minimum absolute atomic E-state index is 0.230. The molecule has 0 aromatic carbocycles. The zero-order valence-corrected chi connectivity index (χ0v) is 37.4. The normalized spacial score (nSPS) is 21.9. The summed E-state index contributed by atoms with van der Waals surface area (Å²) < 4.78 is 47.4. The lowest BCUT2D eigenvalue weighted by Crippen LogP contribution is -2.61. The van der Waals surface area contributed by atoms with E-state index in [4.69, 9.17) is 14.0 Å².